The van der Waals surface area contributed by atoms with E-state index in [2.05, 4.69) is 11.7 Å². The van der Waals surface area contributed by atoms with Crippen LogP contribution in [0.4, 0.5) is 0 Å². The van der Waals surface area contributed by atoms with Crippen molar-refractivity contribution in [1.82, 2.24) is 0 Å². The Morgan fingerprint density at radius 3 is 2.21 bits per heavy atom. The normalized spacial score (nSPS) is 15.4. The van der Waals surface area contributed by atoms with E-state index in [9.17, 15) is 20.1 Å². The van der Waals surface area contributed by atoms with Gasteiger partial charge in [-0.1, -0.05) is 64.0 Å². The van der Waals surface area contributed by atoms with Crippen molar-refractivity contribution < 1.29 is 24.9 Å². The SMILES string of the molecule is CCCCC[C@H](O)[C@H](O)/C=C/[C@H](O)CCCCCCCC(=O)OC. The van der Waals surface area contributed by atoms with Crippen molar-refractivity contribution in [3.05, 3.63) is 12.2 Å². The van der Waals surface area contributed by atoms with Crippen LogP contribution in [-0.4, -0.2) is 46.7 Å². The highest BCUT2D eigenvalue weighted by atomic mass is 16.5. The highest BCUT2D eigenvalue weighted by Gasteiger charge is 2.13. The van der Waals surface area contributed by atoms with Crippen LogP contribution in [0.25, 0.3) is 0 Å². The molecule has 0 heterocycles. The van der Waals surface area contributed by atoms with E-state index >= 15 is 0 Å². The first-order chi connectivity index (χ1) is 11.5. The quantitative estimate of drug-likeness (QED) is 0.241. The average molecular weight is 344 g/mol. The van der Waals surface area contributed by atoms with E-state index in [1.807, 2.05) is 0 Å². The van der Waals surface area contributed by atoms with Crippen LogP contribution in [0.15, 0.2) is 12.2 Å². The van der Waals surface area contributed by atoms with E-state index < -0.39 is 18.3 Å². The maximum absolute atomic E-state index is 10.9. The lowest BCUT2D eigenvalue weighted by Gasteiger charge is -2.14. The predicted molar refractivity (Wildman–Crippen MR) is 95.6 cm³/mol. The van der Waals surface area contributed by atoms with Gasteiger partial charge in [0.1, 0.15) is 0 Å². The molecule has 0 aromatic rings. The summed E-state index contributed by atoms with van der Waals surface area (Å²) < 4.78 is 4.58. The fraction of sp³-hybridized carbons (Fsp3) is 0.842. The number of carbonyl (C=O) groups is 1. The summed E-state index contributed by atoms with van der Waals surface area (Å²) in [7, 11) is 1.40. The average Bonchev–Trinajstić information content (AvgIpc) is 2.58. The van der Waals surface area contributed by atoms with Crippen LogP contribution in [0, 0.1) is 0 Å². The van der Waals surface area contributed by atoms with Crippen LogP contribution in [-0.2, 0) is 9.53 Å². The van der Waals surface area contributed by atoms with Crippen LogP contribution in [0.3, 0.4) is 0 Å². The third-order valence-electron chi connectivity index (χ3n) is 4.14. The number of ether oxygens (including phenoxy) is 1. The Hall–Kier alpha value is -0.910. The Morgan fingerprint density at radius 2 is 1.54 bits per heavy atom. The summed E-state index contributed by atoms with van der Waals surface area (Å²) in [6, 6.07) is 0. The summed E-state index contributed by atoms with van der Waals surface area (Å²) >= 11 is 0. The zero-order valence-electron chi connectivity index (χ0n) is 15.3. The molecule has 0 amide bonds. The lowest BCUT2D eigenvalue weighted by molar-refractivity contribution is -0.140. The maximum atomic E-state index is 10.9. The van der Waals surface area contributed by atoms with Crippen LogP contribution in [0.1, 0.15) is 77.6 Å². The fourth-order valence-corrected chi connectivity index (χ4v) is 2.50. The number of hydrogen-bond donors (Lipinski definition) is 3. The summed E-state index contributed by atoms with van der Waals surface area (Å²) in [5, 5.41) is 29.5. The van der Waals surface area contributed by atoms with E-state index in [0.717, 1.165) is 51.4 Å². The van der Waals surface area contributed by atoms with Gasteiger partial charge >= 0.3 is 5.97 Å². The molecule has 0 saturated carbocycles. The standard InChI is InChI=1S/C19H36O5/c1-3-4-8-12-17(21)18(22)15-14-16(20)11-9-6-5-7-10-13-19(23)24-2/h14-18,20-22H,3-13H2,1-2H3/b15-14+/t16-,17+,18-/m1/s1. The number of esters is 1. The second-order valence-electron chi connectivity index (χ2n) is 6.39. The van der Waals surface area contributed by atoms with Crippen molar-refractivity contribution in [3.63, 3.8) is 0 Å². The second kappa shape index (κ2) is 15.6. The molecule has 3 N–H and O–H groups in total. The summed E-state index contributed by atoms with van der Waals surface area (Å²) in [6.45, 7) is 2.10. The van der Waals surface area contributed by atoms with Gasteiger partial charge in [-0.05, 0) is 19.3 Å². The monoisotopic (exact) mass is 344 g/mol. The van der Waals surface area contributed by atoms with Crippen molar-refractivity contribution in [2.75, 3.05) is 7.11 Å². The Labute approximate surface area is 146 Å². The Morgan fingerprint density at radius 1 is 0.917 bits per heavy atom. The number of methoxy groups -OCH3 is 1. The highest BCUT2D eigenvalue weighted by Crippen LogP contribution is 2.11. The molecule has 0 aliphatic heterocycles. The molecule has 0 saturated heterocycles. The Kier molecular flexibility index (Phi) is 15.0. The van der Waals surface area contributed by atoms with Crippen molar-refractivity contribution in [2.45, 2.75) is 95.9 Å². The van der Waals surface area contributed by atoms with E-state index in [-0.39, 0.29) is 5.97 Å². The maximum Gasteiger partial charge on any atom is 0.305 e. The Balaban J connectivity index is 3.66. The second-order valence-corrected chi connectivity index (χ2v) is 6.39. The molecule has 5 nitrogen and oxygen atoms in total. The van der Waals surface area contributed by atoms with E-state index in [0.29, 0.717) is 19.3 Å². The van der Waals surface area contributed by atoms with E-state index in [1.54, 1.807) is 6.08 Å². The molecule has 0 aromatic heterocycles. The van der Waals surface area contributed by atoms with Gasteiger partial charge in [0, 0.05) is 6.42 Å². The largest absolute Gasteiger partial charge is 0.469 e. The Bertz CT molecular complexity index is 330. The third kappa shape index (κ3) is 13.5. The first-order valence-electron chi connectivity index (χ1n) is 9.30. The number of carbonyl (C=O) groups excluding carboxylic acids is 1. The van der Waals surface area contributed by atoms with Crippen LogP contribution < -0.4 is 0 Å². The van der Waals surface area contributed by atoms with Crippen molar-refractivity contribution in [1.29, 1.82) is 0 Å². The molecule has 0 fully saturated rings. The molecule has 0 radical (unpaired) electrons. The first kappa shape index (κ1) is 23.1. The van der Waals surface area contributed by atoms with E-state index in [4.69, 9.17) is 0 Å². The number of unbranched alkanes of at least 4 members (excludes halogenated alkanes) is 6. The molecule has 0 unspecified atom stereocenters. The fourth-order valence-electron chi connectivity index (χ4n) is 2.50. The minimum absolute atomic E-state index is 0.161. The van der Waals surface area contributed by atoms with Crippen molar-refractivity contribution in [2.24, 2.45) is 0 Å². The molecule has 24 heavy (non-hydrogen) atoms. The van der Waals surface area contributed by atoms with Gasteiger partial charge in [-0.2, -0.15) is 0 Å². The van der Waals surface area contributed by atoms with Gasteiger partial charge in [0.15, 0.2) is 0 Å². The molecular formula is C19H36O5. The van der Waals surface area contributed by atoms with Gasteiger partial charge in [-0.3, -0.25) is 4.79 Å². The molecule has 0 spiro atoms. The molecule has 5 heteroatoms. The smallest absolute Gasteiger partial charge is 0.305 e. The molecule has 0 rings (SSSR count). The molecular weight excluding hydrogens is 308 g/mol. The van der Waals surface area contributed by atoms with E-state index in [1.165, 1.54) is 13.2 Å². The zero-order chi connectivity index (χ0) is 18.2. The van der Waals surface area contributed by atoms with Crippen LogP contribution in [0.2, 0.25) is 0 Å². The van der Waals surface area contributed by atoms with Crippen molar-refractivity contribution in [3.8, 4) is 0 Å². The minimum Gasteiger partial charge on any atom is -0.469 e. The van der Waals surface area contributed by atoms with Gasteiger partial charge in [0.25, 0.3) is 0 Å². The van der Waals surface area contributed by atoms with Gasteiger partial charge in [0.05, 0.1) is 25.4 Å². The third-order valence-corrected chi connectivity index (χ3v) is 4.14. The molecule has 0 bridgehead atoms. The van der Waals surface area contributed by atoms with Crippen LogP contribution >= 0.6 is 0 Å². The van der Waals surface area contributed by atoms with Crippen molar-refractivity contribution >= 4 is 5.97 Å². The van der Waals surface area contributed by atoms with Gasteiger partial charge in [-0.25, -0.2) is 0 Å². The van der Waals surface area contributed by atoms with Gasteiger partial charge in [-0.15, -0.1) is 0 Å². The molecule has 0 aromatic carbocycles. The van der Waals surface area contributed by atoms with Gasteiger partial charge in [0.2, 0.25) is 0 Å². The first-order valence-corrected chi connectivity index (χ1v) is 9.30. The molecule has 3 atom stereocenters. The number of hydrogen-bond acceptors (Lipinski definition) is 5. The van der Waals surface area contributed by atoms with Gasteiger partial charge < -0.3 is 20.1 Å². The minimum atomic E-state index is -0.908. The number of aliphatic hydroxyl groups excluding tert-OH is 3. The summed E-state index contributed by atoms with van der Waals surface area (Å²) in [6.07, 6.45) is 10.3. The number of aliphatic hydroxyl groups is 3. The summed E-state index contributed by atoms with van der Waals surface area (Å²) in [5.74, 6) is -0.161. The summed E-state index contributed by atoms with van der Waals surface area (Å²) in [5.41, 5.74) is 0. The van der Waals surface area contributed by atoms with Crippen LogP contribution in [0.5, 0.6) is 0 Å². The molecule has 0 aliphatic carbocycles. The zero-order valence-corrected chi connectivity index (χ0v) is 15.3. The lowest BCUT2D eigenvalue weighted by atomic mass is 10.0. The summed E-state index contributed by atoms with van der Waals surface area (Å²) in [4.78, 5) is 10.9. The molecule has 142 valence electrons. The lowest BCUT2D eigenvalue weighted by Crippen LogP contribution is -2.24. The number of rotatable bonds is 15. The highest BCUT2D eigenvalue weighted by molar-refractivity contribution is 5.68. The predicted octanol–water partition coefficient (Wildman–Crippen LogP) is 3.11. The topological polar surface area (TPSA) is 87.0 Å². The molecule has 0 aliphatic rings.